The molecular weight excluding hydrogens is 492 g/mol. The molecule has 0 aliphatic heterocycles. The van der Waals surface area contributed by atoms with Gasteiger partial charge in [-0.2, -0.15) is 0 Å². The van der Waals surface area contributed by atoms with E-state index in [4.69, 9.17) is 4.74 Å². The van der Waals surface area contributed by atoms with E-state index in [1.807, 2.05) is 6.07 Å². The largest absolute Gasteiger partial charge is 0.493 e. The van der Waals surface area contributed by atoms with Crippen molar-refractivity contribution in [3.05, 3.63) is 52.5 Å². The van der Waals surface area contributed by atoms with Gasteiger partial charge in [0.25, 0.3) is 5.91 Å². The number of nitrogens with one attached hydrogen (secondary N) is 2. The highest BCUT2D eigenvalue weighted by atomic mass is 79.9. The highest BCUT2D eigenvalue weighted by Crippen LogP contribution is 2.26. The maximum Gasteiger partial charge on any atom is 0.259 e. The van der Waals surface area contributed by atoms with Gasteiger partial charge in [0, 0.05) is 16.2 Å². The lowest BCUT2D eigenvalue weighted by Crippen LogP contribution is -2.36. The number of hydrogen-bond acceptors (Lipinski definition) is 4. The van der Waals surface area contributed by atoms with Crippen LogP contribution in [-0.4, -0.2) is 27.0 Å². The zero-order valence-corrected chi connectivity index (χ0v) is 21.0. The third kappa shape index (κ3) is 7.05. The molecule has 2 N–H and O–H groups in total. The van der Waals surface area contributed by atoms with Crippen molar-refractivity contribution < 1.29 is 17.9 Å². The van der Waals surface area contributed by atoms with Crippen LogP contribution >= 0.6 is 15.9 Å². The molecule has 0 radical (unpaired) electrons. The van der Waals surface area contributed by atoms with Crippen LogP contribution in [0.5, 0.6) is 5.75 Å². The van der Waals surface area contributed by atoms with Crippen LogP contribution in [0.2, 0.25) is 0 Å². The molecule has 6 nitrogen and oxygen atoms in total. The molecule has 1 aliphatic rings. The summed E-state index contributed by atoms with van der Waals surface area (Å²) in [7, 11) is -3.58. The molecule has 0 saturated heterocycles. The number of benzene rings is 2. The minimum Gasteiger partial charge on any atom is -0.493 e. The molecule has 2 aromatic carbocycles. The first-order chi connectivity index (χ1) is 15.2. The quantitative estimate of drug-likeness (QED) is 0.439. The first-order valence-electron chi connectivity index (χ1n) is 11.1. The van der Waals surface area contributed by atoms with Gasteiger partial charge < -0.3 is 10.1 Å². The summed E-state index contributed by atoms with van der Waals surface area (Å²) >= 11 is 3.40. The lowest BCUT2D eigenvalue weighted by atomic mass is 9.96. The van der Waals surface area contributed by atoms with Crippen molar-refractivity contribution in [3.63, 3.8) is 0 Å². The number of carbonyl (C=O) groups is 1. The average Bonchev–Trinajstić information content (AvgIpc) is 2.75. The summed E-state index contributed by atoms with van der Waals surface area (Å²) in [4.78, 5) is 13.1. The Morgan fingerprint density at radius 3 is 2.44 bits per heavy atom. The normalized spacial score (nSPS) is 15.0. The molecule has 174 valence electrons. The summed E-state index contributed by atoms with van der Waals surface area (Å²) in [5.41, 5.74) is 0.929. The van der Waals surface area contributed by atoms with E-state index in [0.717, 1.165) is 43.0 Å². The van der Waals surface area contributed by atoms with Crippen LogP contribution in [0.3, 0.4) is 0 Å². The van der Waals surface area contributed by atoms with Crippen LogP contribution in [0.15, 0.2) is 51.8 Å². The molecule has 0 atom stereocenters. The summed E-state index contributed by atoms with van der Waals surface area (Å²) in [6, 6.07) is 11.6. The van der Waals surface area contributed by atoms with Crippen molar-refractivity contribution >= 4 is 37.5 Å². The standard InChI is InChI=1S/C24H31BrN2O4S/c1-17(2)14-15-31-23-13-8-18(25)16-22(23)24(28)26-19-9-11-21(12-10-19)32(29,30)27-20-6-4-3-5-7-20/h8-13,16-17,20,27H,3-7,14-15H2,1-2H3,(H,26,28). The molecule has 3 rings (SSSR count). The number of rotatable bonds is 9. The van der Waals surface area contributed by atoms with Crippen LogP contribution < -0.4 is 14.8 Å². The molecule has 0 aromatic heterocycles. The number of anilines is 1. The number of halogens is 1. The Kier molecular flexibility index (Phi) is 8.73. The predicted molar refractivity (Wildman–Crippen MR) is 131 cm³/mol. The highest BCUT2D eigenvalue weighted by Gasteiger charge is 2.22. The van der Waals surface area contributed by atoms with Crippen LogP contribution in [-0.2, 0) is 10.0 Å². The number of hydrogen-bond donors (Lipinski definition) is 2. The predicted octanol–water partition coefficient (Wildman–Crippen LogP) is 5.74. The van der Waals surface area contributed by atoms with Gasteiger partial charge in [-0.1, -0.05) is 49.0 Å². The molecule has 0 heterocycles. The van der Waals surface area contributed by atoms with E-state index < -0.39 is 10.0 Å². The minimum atomic E-state index is -3.58. The molecule has 0 bridgehead atoms. The van der Waals surface area contributed by atoms with Gasteiger partial charge >= 0.3 is 0 Å². The molecule has 1 fully saturated rings. The Morgan fingerprint density at radius 2 is 1.78 bits per heavy atom. The van der Waals surface area contributed by atoms with Gasteiger partial charge in [-0.3, -0.25) is 4.79 Å². The van der Waals surface area contributed by atoms with E-state index >= 15 is 0 Å². The Hall–Kier alpha value is -1.90. The van der Waals surface area contributed by atoms with Crippen LogP contribution in [0, 0.1) is 5.92 Å². The van der Waals surface area contributed by atoms with Gasteiger partial charge in [-0.05, 0) is 67.6 Å². The van der Waals surface area contributed by atoms with Crippen LogP contribution in [0.1, 0.15) is 62.7 Å². The highest BCUT2D eigenvalue weighted by molar-refractivity contribution is 9.10. The third-order valence-electron chi connectivity index (χ3n) is 5.49. The maximum absolute atomic E-state index is 12.9. The van der Waals surface area contributed by atoms with E-state index in [1.54, 1.807) is 24.3 Å². The van der Waals surface area contributed by atoms with E-state index in [2.05, 4.69) is 39.8 Å². The summed E-state index contributed by atoms with van der Waals surface area (Å²) in [5.74, 6) is 0.703. The molecule has 1 amide bonds. The van der Waals surface area contributed by atoms with Crippen molar-refractivity contribution in [1.82, 2.24) is 4.72 Å². The second-order valence-electron chi connectivity index (χ2n) is 8.61. The van der Waals surface area contributed by atoms with Gasteiger partial charge in [-0.25, -0.2) is 13.1 Å². The van der Waals surface area contributed by atoms with Crippen molar-refractivity contribution in [2.24, 2.45) is 5.92 Å². The fraction of sp³-hybridized carbons (Fsp3) is 0.458. The third-order valence-corrected chi connectivity index (χ3v) is 7.52. The maximum atomic E-state index is 12.9. The number of ether oxygens (including phenoxy) is 1. The smallest absolute Gasteiger partial charge is 0.259 e. The molecule has 1 aliphatic carbocycles. The first-order valence-corrected chi connectivity index (χ1v) is 13.4. The molecule has 2 aromatic rings. The fourth-order valence-corrected chi connectivity index (χ4v) is 5.30. The van der Waals surface area contributed by atoms with Gasteiger partial charge in [-0.15, -0.1) is 0 Å². The summed E-state index contributed by atoms with van der Waals surface area (Å²) < 4.78 is 34.7. The molecule has 1 saturated carbocycles. The second-order valence-corrected chi connectivity index (χ2v) is 11.2. The van der Waals surface area contributed by atoms with E-state index in [1.165, 1.54) is 12.1 Å². The monoisotopic (exact) mass is 522 g/mol. The lowest BCUT2D eigenvalue weighted by Gasteiger charge is -2.22. The van der Waals surface area contributed by atoms with Crippen LogP contribution in [0.4, 0.5) is 5.69 Å². The van der Waals surface area contributed by atoms with Gasteiger partial charge in [0.15, 0.2) is 0 Å². The molecule has 32 heavy (non-hydrogen) atoms. The minimum absolute atomic E-state index is 0.00114. The average molecular weight is 523 g/mol. The van der Waals surface area contributed by atoms with Crippen molar-refractivity contribution in [1.29, 1.82) is 0 Å². The summed E-state index contributed by atoms with van der Waals surface area (Å²) in [6.45, 7) is 4.76. The molecule has 0 unspecified atom stereocenters. The van der Waals surface area contributed by atoms with Crippen molar-refractivity contribution in [3.8, 4) is 5.75 Å². The fourth-order valence-electron chi connectivity index (χ4n) is 3.63. The molecule has 8 heteroatoms. The van der Waals surface area contributed by atoms with E-state index in [9.17, 15) is 13.2 Å². The van der Waals surface area contributed by atoms with Gasteiger partial charge in [0.2, 0.25) is 10.0 Å². The molecular formula is C24H31BrN2O4S. The number of sulfonamides is 1. The molecule has 0 spiro atoms. The first kappa shape index (κ1) is 24.7. The summed E-state index contributed by atoms with van der Waals surface area (Å²) in [6.07, 6.45) is 5.91. The topological polar surface area (TPSA) is 84.5 Å². The Bertz CT molecular complexity index is 1020. The number of carbonyl (C=O) groups excluding carboxylic acids is 1. The second kappa shape index (κ2) is 11.3. The SMILES string of the molecule is CC(C)CCOc1ccc(Br)cc1C(=O)Nc1ccc(S(=O)(=O)NC2CCCCC2)cc1. The van der Waals surface area contributed by atoms with Crippen molar-refractivity contribution in [2.45, 2.75) is 63.3 Å². The lowest BCUT2D eigenvalue weighted by molar-refractivity contribution is 0.102. The summed E-state index contributed by atoms with van der Waals surface area (Å²) in [5, 5.41) is 2.83. The van der Waals surface area contributed by atoms with Crippen molar-refractivity contribution in [2.75, 3.05) is 11.9 Å². The Labute approximate surface area is 199 Å². The van der Waals surface area contributed by atoms with E-state index in [0.29, 0.717) is 29.5 Å². The number of amides is 1. The Balaban J connectivity index is 1.67. The zero-order chi connectivity index (χ0) is 23.1. The van der Waals surface area contributed by atoms with E-state index in [-0.39, 0.29) is 16.8 Å². The Morgan fingerprint density at radius 1 is 1.09 bits per heavy atom. The van der Waals surface area contributed by atoms with Crippen LogP contribution in [0.25, 0.3) is 0 Å². The zero-order valence-electron chi connectivity index (χ0n) is 18.6. The van der Waals surface area contributed by atoms with Gasteiger partial charge in [0.1, 0.15) is 5.75 Å². The van der Waals surface area contributed by atoms with Gasteiger partial charge in [0.05, 0.1) is 17.1 Å².